The number of aromatic nitrogens is 4. The van der Waals surface area contributed by atoms with Gasteiger partial charge in [-0.25, -0.2) is 0 Å². The van der Waals surface area contributed by atoms with E-state index in [1.54, 1.807) is 4.68 Å². The van der Waals surface area contributed by atoms with Gasteiger partial charge in [0.15, 0.2) is 5.69 Å². The van der Waals surface area contributed by atoms with Gasteiger partial charge in [-0.1, -0.05) is 13.8 Å². The lowest BCUT2D eigenvalue weighted by Gasteiger charge is -2.04. The van der Waals surface area contributed by atoms with Crippen molar-refractivity contribution in [1.82, 2.24) is 25.3 Å². The average molecular weight is 276 g/mol. The lowest BCUT2D eigenvalue weighted by atomic mass is 10.1. The quantitative estimate of drug-likeness (QED) is 0.777. The standard InChI is InChI=1S/C13H20N6O/c1-7(2)11-10(14)12(17-16-11)13(20)15-5-9-6-19(4)18-8(9)3/h6-7H,5,14H2,1-4H3,(H,15,20)(H,16,17). The molecule has 0 saturated heterocycles. The van der Waals surface area contributed by atoms with E-state index in [2.05, 4.69) is 20.6 Å². The van der Waals surface area contributed by atoms with Crippen LogP contribution in [0.25, 0.3) is 0 Å². The molecule has 0 fully saturated rings. The number of hydrogen-bond donors (Lipinski definition) is 3. The Morgan fingerprint density at radius 2 is 2.25 bits per heavy atom. The molecule has 0 spiro atoms. The first kappa shape index (κ1) is 14.1. The fraction of sp³-hybridized carbons (Fsp3) is 0.462. The van der Waals surface area contributed by atoms with Crippen LogP contribution in [0, 0.1) is 6.92 Å². The second kappa shape index (κ2) is 5.36. The molecule has 2 aromatic rings. The number of aryl methyl sites for hydroxylation is 2. The van der Waals surface area contributed by atoms with Crippen molar-refractivity contribution in [3.05, 3.63) is 28.8 Å². The fourth-order valence-electron chi connectivity index (χ4n) is 2.06. The van der Waals surface area contributed by atoms with E-state index < -0.39 is 0 Å². The molecule has 2 rings (SSSR count). The zero-order valence-corrected chi connectivity index (χ0v) is 12.2. The van der Waals surface area contributed by atoms with Crippen LogP contribution in [-0.2, 0) is 13.6 Å². The molecule has 1 amide bonds. The fourth-order valence-corrected chi connectivity index (χ4v) is 2.06. The minimum atomic E-state index is -0.283. The number of nitrogens with one attached hydrogen (secondary N) is 2. The number of carbonyl (C=O) groups excluding carboxylic acids is 1. The molecular formula is C13H20N6O. The summed E-state index contributed by atoms with van der Waals surface area (Å²) < 4.78 is 1.72. The minimum absolute atomic E-state index is 0.199. The molecule has 0 aromatic carbocycles. The predicted molar refractivity (Wildman–Crippen MR) is 76.2 cm³/mol. The predicted octanol–water partition coefficient (Wildman–Crippen LogP) is 1.09. The largest absolute Gasteiger partial charge is 0.395 e. The van der Waals surface area contributed by atoms with Gasteiger partial charge >= 0.3 is 0 Å². The van der Waals surface area contributed by atoms with Crippen molar-refractivity contribution in [3.8, 4) is 0 Å². The number of nitrogens with zero attached hydrogens (tertiary/aromatic N) is 3. The number of carbonyl (C=O) groups is 1. The molecule has 7 heteroatoms. The zero-order valence-electron chi connectivity index (χ0n) is 12.2. The smallest absolute Gasteiger partial charge is 0.274 e. The van der Waals surface area contributed by atoms with E-state index in [1.807, 2.05) is 34.0 Å². The van der Waals surface area contributed by atoms with Crippen LogP contribution in [-0.4, -0.2) is 25.9 Å². The van der Waals surface area contributed by atoms with E-state index in [-0.39, 0.29) is 17.5 Å². The van der Waals surface area contributed by atoms with Crippen LogP contribution in [0.2, 0.25) is 0 Å². The second-order valence-corrected chi connectivity index (χ2v) is 5.15. The maximum atomic E-state index is 12.1. The summed E-state index contributed by atoms with van der Waals surface area (Å²) in [5.41, 5.74) is 9.25. The van der Waals surface area contributed by atoms with Gasteiger partial charge in [0, 0.05) is 25.4 Å². The summed E-state index contributed by atoms with van der Waals surface area (Å²) in [5.74, 6) is -0.0847. The van der Waals surface area contributed by atoms with Crippen molar-refractivity contribution in [2.75, 3.05) is 5.73 Å². The summed E-state index contributed by atoms with van der Waals surface area (Å²) in [4.78, 5) is 12.1. The van der Waals surface area contributed by atoms with Crippen LogP contribution in [0.3, 0.4) is 0 Å². The Hall–Kier alpha value is -2.31. The highest BCUT2D eigenvalue weighted by atomic mass is 16.1. The Morgan fingerprint density at radius 1 is 1.55 bits per heavy atom. The third-order valence-corrected chi connectivity index (χ3v) is 3.18. The van der Waals surface area contributed by atoms with Crippen LogP contribution in [0.5, 0.6) is 0 Å². The molecule has 0 atom stereocenters. The highest BCUT2D eigenvalue weighted by Crippen LogP contribution is 2.21. The lowest BCUT2D eigenvalue weighted by Crippen LogP contribution is -2.24. The summed E-state index contributed by atoms with van der Waals surface area (Å²) >= 11 is 0. The van der Waals surface area contributed by atoms with Gasteiger partial charge in [-0.15, -0.1) is 0 Å². The van der Waals surface area contributed by atoms with Gasteiger partial charge in [-0.05, 0) is 12.8 Å². The third-order valence-electron chi connectivity index (χ3n) is 3.18. The van der Waals surface area contributed by atoms with Crippen LogP contribution >= 0.6 is 0 Å². The summed E-state index contributed by atoms with van der Waals surface area (Å²) in [6.45, 7) is 6.29. The van der Waals surface area contributed by atoms with E-state index in [4.69, 9.17) is 5.73 Å². The molecule has 2 aromatic heterocycles. The maximum absolute atomic E-state index is 12.1. The van der Waals surface area contributed by atoms with E-state index in [9.17, 15) is 4.79 Å². The molecule has 0 unspecified atom stereocenters. The molecule has 0 aliphatic heterocycles. The van der Waals surface area contributed by atoms with Gasteiger partial charge < -0.3 is 11.1 Å². The molecule has 4 N–H and O–H groups in total. The van der Waals surface area contributed by atoms with Crippen LogP contribution in [0.15, 0.2) is 6.20 Å². The van der Waals surface area contributed by atoms with Gasteiger partial charge in [0.05, 0.1) is 17.1 Å². The normalized spacial score (nSPS) is 11.1. The van der Waals surface area contributed by atoms with Crippen molar-refractivity contribution in [2.45, 2.75) is 33.2 Å². The monoisotopic (exact) mass is 276 g/mol. The SMILES string of the molecule is Cc1nn(C)cc1CNC(=O)c1n[nH]c(C(C)C)c1N. The Labute approximate surface area is 117 Å². The molecule has 7 nitrogen and oxygen atoms in total. The van der Waals surface area contributed by atoms with Gasteiger partial charge in [0.2, 0.25) is 0 Å². The number of H-pyrrole nitrogens is 1. The summed E-state index contributed by atoms with van der Waals surface area (Å²) in [5, 5.41) is 13.8. The first-order chi connectivity index (χ1) is 9.40. The average Bonchev–Trinajstić information content (AvgIpc) is 2.89. The number of rotatable bonds is 4. The van der Waals surface area contributed by atoms with E-state index >= 15 is 0 Å². The summed E-state index contributed by atoms with van der Waals surface area (Å²) in [7, 11) is 1.85. The van der Waals surface area contributed by atoms with Crippen molar-refractivity contribution >= 4 is 11.6 Å². The second-order valence-electron chi connectivity index (χ2n) is 5.15. The molecule has 2 heterocycles. The van der Waals surface area contributed by atoms with Gasteiger partial charge in [-0.2, -0.15) is 10.2 Å². The van der Waals surface area contributed by atoms with Crippen molar-refractivity contribution in [1.29, 1.82) is 0 Å². The highest BCUT2D eigenvalue weighted by molar-refractivity contribution is 5.97. The van der Waals surface area contributed by atoms with Gasteiger partial charge in [-0.3, -0.25) is 14.6 Å². The number of anilines is 1. The van der Waals surface area contributed by atoms with E-state index in [0.29, 0.717) is 12.2 Å². The number of aromatic amines is 1. The number of nitrogen functional groups attached to an aromatic ring is 1. The molecule has 0 radical (unpaired) electrons. The molecule has 0 aliphatic rings. The first-order valence-corrected chi connectivity index (χ1v) is 6.51. The zero-order chi connectivity index (χ0) is 14.9. The molecule has 20 heavy (non-hydrogen) atoms. The molecule has 0 aliphatic carbocycles. The number of nitrogens with two attached hydrogens (primary N) is 1. The highest BCUT2D eigenvalue weighted by Gasteiger charge is 2.18. The number of amides is 1. The Kier molecular flexibility index (Phi) is 3.78. The van der Waals surface area contributed by atoms with Gasteiger partial charge in [0.25, 0.3) is 5.91 Å². The Morgan fingerprint density at radius 3 is 2.75 bits per heavy atom. The van der Waals surface area contributed by atoms with E-state index in [1.165, 1.54) is 0 Å². The number of hydrogen-bond acceptors (Lipinski definition) is 4. The van der Waals surface area contributed by atoms with Crippen LogP contribution in [0.1, 0.15) is 47.2 Å². The molecule has 0 saturated carbocycles. The molecule has 108 valence electrons. The van der Waals surface area contributed by atoms with Gasteiger partial charge in [0.1, 0.15) is 0 Å². The van der Waals surface area contributed by atoms with Crippen molar-refractivity contribution in [2.24, 2.45) is 7.05 Å². The Bertz CT molecular complexity index is 625. The van der Waals surface area contributed by atoms with Crippen molar-refractivity contribution < 1.29 is 4.79 Å². The maximum Gasteiger partial charge on any atom is 0.274 e. The summed E-state index contributed by atoms with van der Waals surface area (Å²) in [6, 6.07) is 0. The van der Waals surface area contributed by atoms with Crippen LogP contribution < -0.4 is 11.1 Å². The van der Waals surface area contributed by atoms with E-state index in [0.717, 1.165) is 17.0 Å². The topological polar surface area (TPSA) is 102 Å². The molecular weight excluding hydrogens is 256 g/mol. The Balaban J connectivity index is 2.07. The van der Waals surface area contributed by atoms with Crippen LogP contribution in [0.4, 0.5) is 5.69 Å². The third kappa shape index (κ3) is 2.66. The lowest BCUT2D eigenvalue weighted by molar-refractivity contribution is 0.0946. The first-order valence-electron chi connectivity index (χ1n) is 6.51. The van der Waals surface area contributed by atoms with Crippen molar-refractivity contribution in [3.63, 3.8) is 0 Å². The molecule has 0 bridgehead atoms. The minimum Gasteiger partial charge on any atom is -0.395 e. The summed E-state index contributed by atoms with van der Waals surface area (Å²) in [6.07, 6.45) is 1.88.